The number of aryl methyl sites for hydroxylation is 1. The molecule has 27 heavy (non-hydrogen) atoms. The molecule has 4 nitrogen and oxygen atoms in total. The number of rotatable bonds is 10. The molecule has 1 saturated carbocycles. The van der Waals surface area contributed by atoms with E-state index in [1.54, 1.807) is 0 Å². The Morgan fingerprint density at radius 2 is 1.70 bits per heavy atom. The number of ether oxygens (including phenoxy) is 2. The summed E-state index contributed by atoms with van der Waals surface area (Å²) < 4.78 is 10.4. The van der Waals surface area contributed by atoms with Gasteiger partial charge >= 0.3 is 6.16 Å². The third kappa shape index (κ3) is 7.17. The fraction of sp³-hybridized carbons (Fsp3) is 0.696. The third-order valence-electron chi connectivity index (χ3n) is 5.55. The summed E-state index contributed by atoms with van der Waals surface area (Å²) in [6, 6.07) is 8.42. The number of hydrogen-bond donors (Lipinski definition) is 1. The zero-order valence-corrected chi connectivity index (χ0v) is 17.0. The van der Waals surface area contributed by atoms with Crippen molar-refractivity contribution in [3.8, 4) is 0 Å². The van der Waals surface area contributed by atoms with Crippen molar-refractivity contribution in [3.05, 3.63) is 35.4 Å². The van der Waals surface area contributed by atoms with Crippen molar-refractivity contribution < 1.29 is 19.4 Å². The second kappa shape index (κ2) is 11.3. The Morgan fingerprint density at radius 1 is 1.04 bits per heavy atom. The normalized spacial score (nSPS) is 22.4. The maximum absolute atomic E-state index is 11.7. The Bertz CT molecular complexity index is 544. The van der Waals surface area contributed by atoms with Crippen LogP contribution in [0.5, 0.6) is 0 Å². The van der Waals surface area contributed by atoms with Gasteiger partial charge in [0.05, 0.1) is 12.2 Å². The van der Waals surface area contributed by atoms with E-state index in [0.29, 0.717) is 32.3 Å². The van der Waals surface area contributed by atoms with Crippen molar-refractivity contribution in [1.82, 2.24) is 0 Å². The first-order valence-electron chi connectivity index (χ1n) is 10.7. The summed E-state index contributed by atoms with van der Waals surface area (Å²) in [5.74, 6) is 0. The molecule has 1 aromatic carbocycles. The highest BCUT2D eigenvalue weighted by atomic mass is 16.7. The van der Waals surface area contributed by atoms with Crippen LogP contribution >= 0.6 is 0 Å². The van der Waals surface area contributed by atoms with E-state index in [2.05, 4.69) is 38.1 Å². The van der Waals surface area contributed by atoms with Crippen molar-refractivity contribution in [2.45, 2.75) is 96.2 Å². The molecule has 1 aliphatic rings. The molecule has 0 heterocycles. The number of carbonyl (C=O) groups is 1. The van der Waals surface area contributed by atoms with E-state index in [-0.39, 0.29) is 6.10 Å². The van der Waals surface area contributed by atoms with Gasteiger partial charge in [-0.15, -0.1) is 0 Å². The summed E-state index contributed by atoms with van der Waals surface area (Å²) >= 11 is 0. The van der Waals surface area contributed by atoms with Crippen LogP contribution in [0, 0.1) is 0 Å². The van der Waals surface area contributed by atoms with Gasteiger partial charge in [0.15, 0.2) is 0 Å². The molecule has 1 aliphatic carbocycles. The summed E-state index contributed by atoms with van der Waals surface area (Å²) in [6.45, 7) is 4.69. The Kier molecular flexibility index (Phi) is 9.12. The molecule has 0 radical (unpaired) electrons. The highest BCUT2D eigenvalue weighted by Gasteiger charge is 2.36. The average Bonchev–Trinajstić information content (AvgIpc) is 2.68. The first-order chi connectivity index (χ1) is 13.1. The Labute approximate surface area is 164 Å². The molecule has 0 amide bonds. The average molecular weight is 377 g/mol. The fourth-order valence-electron chi connectivity index (χ4n) is 3.68. The van der Waals surface area contributed by atoms with E-state index in [0.717, 1.165) is 24.8 Å². The monoisotopic (exact) mass is 376 g/mol. The lowest BCUT2D eigenvalue weighted by Crippen LogP contribution is -2.35. The van der Waals surface area contributed by atoms with Crippen molar-refractivity contribution in [2.75, 3.05) is 6.61 Å². The van der Waals surface area contributed by atoms with E-state index in [1.165, 1.54) is 31.2 Å². The Hall–Kier alpha value is -1.55. The molecule has 2 rings (SSSR count). The van der Waals surface area contributed by atoms with Gasteiger partial charge in [-0.25, -0.2) is 4.79 Å². The van der Waals surface area contributed by atoms with Crippen LogP contribution < -0.4 is 0 Å². The van der Waals surface area contributed by atoms with Gasteiger partial charge in [-0.1, -0.05) is 63.8 Å². The summed E-state index contributed by atoms with van der Waals surface area (Å²) in [4.78, 5) is 11.7. The standard InChI is InChI=1S/C23H36O4/c1-3-5-7-8-9-19-10-12-20(13-11-19)23(25)16-14-21(15-17-23)27-22(24)26-18-6-4-2/h10-13,21,25H,3-9,14-18H2,1-2H3. The summed E-state index contributed by atoms with van der Waals surface area (Å²) in [7, 11) is 0. The Balaban J connectivity index is 1.78. The molecular weight excluding hydrogens is 340 g/mol. The smallest absolute Gasteiger partial charge is 0.434 e. The SMILES string of the molecule is CCCCCCc1ccc(C2(O)CCC(OC(=O)OCCCC)CC2)cc1. The number of hydrogen-bond acceptors (Lipinski definition) is 4. The topological polar surface area (TPSA) is 55.8 Å². The van der Waals surface area contributed by atoms with E-state index in [4.69, 9.17) is 9.47 Å². The van der Waals surface area contributed by atoms with E-state index in [9.17, 15) is 9.90 Å². The van der Waals surface area contributed by atoms with E-state index >= 15 is 0 Å². The number of aliphatic hydroxyl groups is 1. The van der Waals surface area contributed by atoms with Gasteiger partial charge < -0.3 is 14.6 Å². The van der Waals surface area contributed by atoms with Crippen molar-refractivity contribution >= 4 is 6.16 Å². The van der Waals surface area contributed by atoms with Gasteiger partial charge in [0.1, 0.15) is 6.10 Å². The molecular formula is C23H36O4. The van der Waals surface area contributed by atoms with Crippen molar-refractivity contribution in [1.29, 1.82) is 0 Å². The van der Waals surface area contributed by atoms with E-state index < -0.39 is 11.8 Å². The van der Waals surface area contributed by atoms with Crippen LogP contribution in [0.3, 0.4) is 0 Å². The lowest BCUT2D eigenvalue weighted by molar-refractivity contribution is -0.0537. The van der Waals surface area contributed by atoms with Crippen LogP contribution in [0.4, 0.5) is 4.79 Å². The van der Waals surface area contributed by atoms with Crippen LogP contribution in [0.15, 0.2) is 24.3 Å². The van der Waals surface area contributed by atoms with Crippen LogP contribution in [-0.2, 0) is 21.5 Å². The van der Waals surface area contributed by atoms with Gasteiger partial charge in [-0.3, -0.25) is 0 Å². The second-order valence-electron chi connectivity index (χ2n) is 7.81. The molecule has 4 heteroatoms. The molecule has 0 aromatic heterocycles. The largest absolute Gasteiger partial charge is 0.508 e. The van der Waals surface area contributed by atoms with Gasteiger partial charge in [-0.05, 0) is 56.1 Å². The van der Waals surface area contributed by atoms with Crippen LogP contribution in [0.2, 0.25) is 0 Å². The lowest BCUT2D eigenvalue weighted by Gasteiger charge is -2.36. The molecule has 0 spiro atoms. The van der Waals surface area contributed by atoms with Crippen molar-refractivity contribution in [3.63, 3.8) is 0 Å². The molecule has 152 valence electrons. The van der Waals surface area contributed by atoms with E-state index in [1.807, 2.05) is 0 Å². The van der Waals surface area contributed by atoms with Gasteiger partial charge in [0.2, 0.25) is 0 Å². The predicted octanol–water partition coefficient (Wildman–Crippen LogP) is 5.89. The molecule has 0 atom stereocenters. The molecule has 0 saturated heterocycles. The van der Waals surface area contributed by atoms with Crippen LogP contribution in [-0.4, -0.2) is 24.0 Å². The van der Waals surface area contributed by atoms with Gasteiger partial charge in [-0.2, -0.15) is 0 Å². The first-order valence-corrected chi connectivity index (χ1v) is 10.7. The second-order valence-corrected chi connectivity index (χ2v) is 7.81. The number of carbonyl (C=O) groups excluding carboxylic acids is 1. The van der Waals surface area contributed by atoms with Gasteiger partial charge in [0, 0.05) is 0 Å². The molecule has 1 fully saturated rings. The highest BCUT2D eigenvalue weighted by molar-refractivity contribution is 5.60. The molecule has 0 bridgehead atoms. The Morgan fingerprint density at radius 3 is 2.33 bits per heavy atom. The van der Waals surface area contributed by atoms with Crippen molar-refractivity contribution in [2.24, 2.45) is 0 Å². The molecule has 1 aromatic rings. The maximum Gasteiger partial charge on any atom is 0.508 e. The van der Waals surface area contributed by atoms with Gasteiger partial charge in [0.25, 0.3) is 0 Å². The predicted molar refractivity (Wildman–Crippen MR) is 108 cm³/mol. The fourth-order valence-corrected chi connectivity index (χ4v) is 3.68. The molecule has 1 N–H and O–H groups in total. The summed E-state index contributed by atoms with van der Waals surface area (Å²) in [5.41, 5.74) is 1.50. The zero-order valence-electron chi connectivity index (χ0n) is 17.0. The summed E-state index contributed by atoms with van der Waals surface area (Å²) in [6.07, 6.45) is 9.82. The third-order valence-corrected chi connectivity index (χ3v) is 5.55. The molecule has 0 aliphatic heterocycles. The maximum atomic E-state index is 11.7. The quantitative estimate of drug-likeness (QED) is 0.408. The zero-order chi connectivity index (χ0) is 19.5. The minimum absolute atomic E-state index is 0.155. The lowest BCUT2D eigenvalue weighted by atomic mass is 9.78. The molecule has 0 unspecified atom stereocenters. The van der Waals surface area contributed by atoms with Crippen LogP contribution in [0.25, 0.3) is 0 Å². The summed E-state index contributed by atoms with van der Waals surface area (Å²) in [5, 5.41) is 11.0. The minimum Gasteiger partial charge on any atom is -0.434 e. The highest BCUT2D eigenvalue weighted by Crippen LogP contribution is 2.38. The first kappa shape index (κ1) is 21.7. The number of benzene rings is 1. The van der Waals surface area contributed by atoms with Crippen LogP contribution in [0.1, 0.15) is 89.2 Å². The minimum atomic E-state index is -0.813. The number of unbranched alkanes of at least 4 members (excludes halogenated alkanes) is 4.